The van der Waals surface area contributed by atoms with Gasteiger partial charge in [-0.3, -0.25) is 4.90 Å². The molecule has 38 heavy (non-hydrogen) atoms. The first-order valence-corrected chi connectivity index (χ1v) is 13.2. The number of benzene rings is 5. The molecule has 0 N–H and O–H groups in total. The SMILES string of the molecule is c1ccc(CN(CCOc2ccc(CN(c3ccccc3)c3ccccc3)cc2)Cc2ccccc2)cc1. The van der Waals surface area contributed by atoms with Gasteiger partial charge in [0.25, 0.3) is 0 Å². The number of hydrogen-bond acceptors (Lipinski definition) is 3. The van der Waals surface area contributed by atoms with Crippen LogP contribution in [0.5, 0.6) is 5.75 Å². The van der Waals surface area contributed by atoms with Crippen LogP contribution in [0.1, 0.15) is 16.7 Å². The van der Waals surface area contributed by atoms with Crippen molar-refractivity contribution in [3.8, 4) is 5.75 Å². The van der Waals surface area contributed by atoms with Crippen LogP contribution in [0.25, 0.3) is 0 Å². The van der Waals surface area contributed by atoms with Gasteiger partial charge >= 0.3 is 0 Å². The molecule has 0 heterocycles. The Morgan fingerprint density at radius 3 is 1.32 bits per heavy atom. The first-order valence-electron chi connectivity index (χ1n) is 13.2. The molecule has 0 saturated carbocycles. The zero-order chi connectivity index (χ0) is 25.8. The number of rotatable bonds is 12. The zero-order valence-corrected chi connectivity index (χ0v) is 21.7. The normalized spacial score (nSPS) is 10.9. The summed E-state index contributed by atoms with van der Waals surface area (Å²) in [6.45, 7) is 4.07. The number of ether oxygens (including phenoxy) is 1. The smallest absolute Gasteiger partial charge is 0.119 e. The molecule has 0 aromatic heterocycles. The molecule has 3 nitrogen and oxygen atoms in total. The standard InChI is InChI=1S/C35H34N2O/c1-5-13-30(14-6-1)27-36(28-31-15-7-2-8-16-31)25-26-38-35-23-21-32(22-24-35)29-37(33-17-9-3-10-18-33)34-19-11-4-12-20-34/h1-24H,25-29H2. The maximum absolute atomic E-state index is 6.19. The van der Waals surface area contributed by atoms with Crippen molar-refractivity contribution in [3.63, 3.8) is 0 Å². The van der Waals surface area contributed by atoms with E-state index in [1.807, 2.05) is 0 Å². The van der Waals surface area contributed by atoms with E-state index < -0.39 is 0 Å². The largest absolute Gasteiger partial charge is 0.492 e. The molecule has 0 aliphatic carbocycles. The van der Waals surface area contributed by atoms with Gasteiger partial charge in [-0.1, -0.05) is 109 Å². The van der Waals surface area contributed by atoms with Crippen molar-refractivity contribution in [3.05, 3.63) is 162 Å². The Bertz CT molecular complexity index is 1260. The van der Waals surface area contributed by atoms with E-state index >= 15 is 0 Å². The molecule has 0 saturated heterocycles. The molecule has 0 fully saturated rings. The van der Waals surface area contributed by atoms with E-state index in [0.29, 0.717) is 6.61 Å². The first kappa shape index (κ1) is 25.3. The third-order valence-corrected chi connectivity index (χ3v) is 6.57. The van der Waals surface area contributed by atoms with Crippen molar-refractivity contribution >= 4 is 11.4 Å². The minimum atomic E-state index is 0.638. The molecule has 0 spiro atoms. The van der Waals surface area contributed by atoms with Gasteiger partial charge in [-0.05, 0) is 53.1 Å². The zero-order valence-electron chi connectivity index (χ0n) is 21.7. The molecule has 5 rings (SSSR count). The predicted molar refractivity (Wildman–Crippen MR) is 158 cm³/mol. The van der Waals surface area contributed by atoms with Crippen molar-refractivity contribution in [1.29, 1.82) is 0 Å². The monoisotopic (exact) mass is 498 g/mol. The molecule has 0 unspecified atom stereocenters. The quantitative estimate of drug-likeness (QED) is 0.173. The van der Waals surface area contributed by atoms with Gasteiger partial charge in [-0.15, -0.1) is 0 Å². The van der Waals surface area contributed by atoms with E-state index in [0.717, 1.165) is 31.9 Å². The summed E-state index contributed by atoms with van der Waals surface area (Å²) in [6.07, 6.45) is 0. The predicted octanol–water partition coefficient (Wildman–Crippen LogP) is 8.11. The van der Waals surface area contributed by atoms with Crippen molar-refractivity contribution in [2.45, 2.75) is 19.6 Å². The second-order valence-corrected chi connectivity index (χ2v) is 9.43. The average Bonchev–Trinajstić information content (AvgIpc) is 2.98. The highest BCUT2D eigenvalue weighted by Crippen LogP contribution is 2.27. The molecule has 0 radical (unpaired) electrons. The van der Waals surface area contributed by atoms with Crippen LogP contribution >= 0.6 is 0 Å². The summed E-state index contributed by atoms with van der Waals surface area (Å²) >= 11 is 0. The van der Waals surface area contributed by atoms with Crippen LogP contribution in [0, 0.1) is 0 Å². The van der Waals surface area contributed by atoms with Crippen LogP contribution in [-0.2, 0) is 19.6 Å². The molecule has 0 atom stereocenters. The molecule has 3 heteroatoms. The molecule has 5 aromatic carbocycles. The summed E-state index contributed by atoms with van der Waals surface area (Å²) in [5, 5.41) is 0. The lowest BCUT2D eigenvalue weighted by Crippen LogP contribution is -2.27. The van der Waals surface area contributed by atoms with Crippen molar-refractivity contribution < 1.29 is 4.74 Å². The summed E-state index contributed by atoms with van der Waals surface area (Å²) in [5.74, 6) is 0.902. The van der Waals surface area contributed by atoms with Crippen LogP contribution in [0.2, 0.25) is 0 Å². The second kappa shape index (κ2) is 13.3. The first-order chi connectivity index (χ1) is 18.8. The topological polar surface area (TPSA) is 15.7 Å². The van der Waals surface area contributed by atoms with Crippen LogP contribution in [0.3, 0.4) is 0 Å². The Hall–Kier alpha value is -4.34. The van der Waals surface area contributed by atoms with Gasteiger partial charge in [-0.2, -0.15) is 0 Å². The minimum Gasteiger partial charge on any atom is -0.492 e. The highest BCUT2D eigenvalue weighted by Gasteiger charge is 2.11. The van der Waals surface area contributed by atoms with Gasteiger partial charge < -0.3 is 9.64 Å². The fourth-order valence-corrected chi connectivity index (χ4v) is 4.61. The van der Waals surface area contributed by atoms with Crippen molar-refractivity contribution in [1.82, 2.24) is 4.90 Å². The summed E-state index contributed by atoms with van der Waals surface area (Å²) in [5.41, 5.74) is 6.22. The lowest BCUT2D eigenvalue weighted by atomic mass is 10.1. The summed E-state index contributed by atoms with van der Waals surface area (Å²) < 4.78 is 6.19. The van der Waals surface area contributed by atoms with E-state index in [-0.39, 0.29) is 0 Å². The lowest BCUT2D eigenvalue weighted by Gasteiger charge is -2.25. The van der Waals surface area contributed by atoms with E-state index in [1.165, 1.54) is 28.1 Å². The highest BCUT2D eigenvalue weighted by atomic mass is 16.5. The molecule has 5 aromatic rings. The van der Waals surface area contributed by atoms with Crippen molar-refractivity contribution in [2.75, 3.05) is 18.1 Å². The van der Waals surface area contributed by atoms with Gasteiger partial charge in [0.15, 0.2) is 0 Å². The Kier molecular flexibility index (Phi) is 8.84. The van der Waals surface area contributed by atoms with Crippen LogP contribution in [0.4, 0.5) is 11.4 Å². The molecular formula is C35H34N2O. The lowest BCUT2D eigenvalue weighted by molar-refractivity contribution is 0.196. The Morgan fingerprint density at radius 1 is 0.421 bits per heavy atom. The molecular weight excluding hydrogens is 464 g/mol. The minimum absolute atomic E-state index is 0.638. The Morgan fingerprint density at radius 2 is 0.842 bits per heavy atom. The second-order valence-electron chi connectivity index (χ2n) is 9.43. The fourth-order valence-electron chi connectivity index (χ4n) is 4.61. The van der Waals surface area contributed by atoms with Crippen LogP contribution in [0.15, 0.2) is 146 Å². The number of nitrogens with zero attached hydrogens (tertiary/aromatic N) is 2. The summed E-state index contributed by atoms with van der Waals surface area (Å²) in [4.78, 5) is 4.78. The molecule has 190 valence electrons. The Balaban J connectivity index is 1.20. The molecule has 0 amide bonds. The fraction of sp³-hybridized carbons (Fsp3) is 0.143. The summed E-state index contributed by atoms with van der Waals surface area (Å²) in [6, 6.07) is 50.9. The van der Waals surface area contributed by atoms with Gasteiger partial charge in [0, 0.05) is 37.6 Å². The van der Waals surface area contributed by atoms with Crippen molar-refractivity contribution in [2.24, 2.45) is 0 Å². The van der Waals surface area contributed by atoms with Gasteiger partial charge in [0.2, 0.25) is 0 Å². The summed E-state index contributed by atoms with van der Waals surface area (Å²) in [7, 11) is 0. The Labute approximate surface area is 226 Å². The number of hydrogen-bond donors (Lipinski definition) is 0. The van der Waals surface area contributed by atoms with Crippen LogP contribution in [-0.4, -0.2) is 18.1 Å². The third kappa shape index (κ3) is 7.34. The van der Waals surface area contributed by atoms with Gasteiger partial charge in [-0.25, -0.2) is 0 Å². The average molecular weight is 499 g/mol. The molecule has 0 aliphatic heterocycles. The molecule has 0 aliphatic rings. The van der Waals surface area contributed by atoms with Gasteiger partial charge in [0.05, 0.1) is 0 Å². The van der Waals surface area contributed by atoms with Crippen LogP contribution < -0.4 is 9.64 Å². The third-order valence-electron chi connectivity index (χ3n) is 6.57. The van der Waals surface area contributed by atoms with E-state index in [2.05, 4.69) is 155 Å². The maximum Gasteiger partial charge on any atom is 0.119 e. The highest BCUT2D eigenvalue weighted by molar-refractivity contribution is 5.63. The number of anilines is 2. The van der Waals surface area contributed by atoms with E-state index in [1.54, 1.807) is 0 Å². The number of para-hydroxylation sites is 2. The maximum atomic E-state index is 6.19. The molecule has 0 bridgehead atoms. The van der Waals surface area contributed by atoms with E-state index in [4.69, 9.17) is 4.74 Å². The van der Waals surface area contributed by atoms with Gasteiger partial charge in [0.1, 0.15) is 12.4 Å². The van der Waals surface area contributed by atoms with E-state index in [9.17, 15) is 0 Å².